The molecule has 0 rings (SSSR count). The molecule has 5 nitrogen and oxygen atoms in total. The van der Waals surface area contributed by atoms with Gasteiger partial charge in [-0.2, -0.15) is 0 Å². The first-order valence-electron chi connectivity index (χ1n) is 5.77. The Labute approximate surface area is 96.8 Å². The summed E-state index contributed by atoms with van der Waals surface area (Å²) in [6, 6.07) is -0.309. The normalized spacial score (nSPS) is 11.0. The SMILES string of the molecule is CCN(CC)C(=O)NC(CC)(CC)C(=O)O. The molecule has 0 atom stereocenters. The number of nitrogens with zero attached hydrogens (tertiary/aromatic N) is 1. The Morgan fingerprint density at radius 2 is 1.56 bits per heavy atom. The summed E-state index contributed by atoms with van der Waals surface area (Å²) in [5, 5.41) is 11.8. The molecule has 2 amide bonds. The highest BCUT2D eigenvalue weighted by Crippen LogP contribution is 2.15. The third-order valence-corrected chi connectivity index (χ3v) is 3.01. The molecule has 0 aromatic rings. The Kier molecular flexibility index (Phi) is 5.85. The average molecular weight is 230 g/mol. The molecule has 0 bridgehead atoms. The van der Waals surface area contributed by atoms with Crippen molar-refractivity contribution < 1.29 is 14.7 Å². The van der Waals surface area contributed by atoms with Crippen LogP contribution in [0.2, 0.25) is 0 Å². The molecule has 2 N–H and O–H groups in total. The van der Waals surface area contributed by atoms with Crippen LogP contribution in [0.4, 0.5) is 4.79 Å². The van der Waals surface area contributed by atoms with Gasteiger partial charge in [-0.3, -0.25) is 0 Å². The highest BCUT2D eigenvalue weighted by atomic mass is 16.4. The van der Waals surface area contributed by atoms with E-state index in [1.165, 1.54) is 0 Å². The van der Waals surface area contributed by atoms with E-state index in [4.69, 9.17) is 5.11 Å². The first-order valence-corrected chi connectivity index (χ1v) is 5.77. The van der Waals surface area contributed by atoms with Crippen molar-refractivity contribution in [2.45, 2.75) is 46.1 Å². The van der Waals surface area contributed by atoms with Crippen molar-refractivity contribution in [3.8, 4) is 0 Å². The molecule has 16 heavy (non-hydrogen) atoms. The molecular weight excluding hydrogens is 208 g/mol. The molecule has 0 radical (unpaired) electrons. The van der Waals surface area contributed by atoms with E-state index in [-0.39, 0.29) is 6.03 Å². The van der Waals surface area contributed by atoms with Crippen LogP contribution in [0.5, 0.6) is 0 Å². The number of carbonyl (C=O) groups excluding carboxylic acids is 1. The van der Waals surface area contributed by atoms with E-state index < -0.39 is 11.5 Å². The van der Waals surface area contributed by atoms with Crippen molar-refractivity contribution in [3.63, 3.8) is 0 Å². The van der Waals surface area contributed by atoms with E-state index in [0.717, 1.165) is 0 Å². The Morgan fingerprint density at radius 3 is 1.81 bits per heavy atom. The molecule has 0 saturated carbocycles. The fourth-order valence-electron chi connectivity index (χ4n) is 1.58. The first-order chi connectivity index (χ1) is 7.47. The molecule has 0 unspecified atom stereocenters. The zero-order valence-electron chi connectivity index (χ0n) is 10.5. The van der Waals surface area contributed by atoms with Crippen molar-refractivity contribution in [2.75, 3.05) is 13.1 Å². The van der Waals surface area contributed by atoms with E-state index in [1.807, 2.05) is 13.8 Å². The van der Waals surface area contributed by atoms with Crippen molar-refractivity contribution in [1.82, 2.24) is 10.2 Å². The Hall–Kier alpha value is -1.26. The van der Waals surface area contributed by atoms with Crippen LogP contribution in [0, 0.1) is 0 Å². The zero-order chi connectivity index (χ0) is 12.8. The number of carbonyl (C=O) groups is 2. The van der Waals surface area contributed by atoms with Crippen molar-refractivity contribution in [2.24, 2.45) is 0 Å². The number of rotatable bonds is 6. The van der Waals surface area contributed by atoms with Crippen molar-refractivity contribution >= 4 is 12.0 Å². The second-order valence-electron chi connectivity index (χ2n) is 3.70. The van der Waals surface area contributed by atoms with Gasteiger partial charge in [0.1, 0.15) is 5.54 Å². The minimum absolute atomic E-state index is 0.309. The minimum Gasteiger partial charge on any atom is -0.480 e. The average Bonchev–Trinajstić information content (AvgIpc) is 2.27. The molecule has 5 heteroatoms. The summed E-state index contributed by atoms with van der Waals surface area (Å²) in [4.78, 5) is 24.6. The van der Waals surface area contributed by atoms with Gasteiger partial charge in [-0.1, -0.05) is 13.8 Å². The number of nitrogens with one attached hydrogen (secondary N) is 1. The molecule has 0 aromatic carbocycles. The number of urea groups is 1. The highest BCUT2D eigenvalue weighted by molar-refractivity contribution is 5.86. The van der Waals surface area contributed by atoms with Gasteiger partial charge in [0, 0.05) is 13.1 Å². The van der Waals surface area contributed by atoms with Gasteiger partial charge >= 0.3 is 12.0 Å². The maximum Gasteiger partial charge on any atom is 0.329 e. The smallest absolute Gasteiger partial charge is 0.329 e. The lowest BCUT2D eigenvalue weighted by Crippen LogP contribution is -2.57. The van der Waals surface area contributed by atoms with Gasteiger partial charge in [0.05, 0.1) is 0 Å². The van der Waals surface area contributed by atoms with Gasteiger partial charge in [-0.25, -0.2) is 9.59 Å². The van der Waals surface area contributed by atoms with E-state index >= 15 is 0 Å². The molecule has 0 aromatic heterocycles. The molecule has 0 aliphatic rings. The largest absolute Gasteiger partial charge is 0.480 e. The maximum absolute atomic E-state index is 11.8. The number of hydrogen-bond acceptors (Lipinski definition) is 2. The Bertz CT molecular complexity index is 246. The van der Waals surface area contributed by atoms with E-state index in [0.29, 0.717) is 25.9 Å². The third kappa shape index (κ3) is 3.12. The van der Waals surface area contributed by atoms with E-state index in [2.05, 4.69) is 5.32 Å². The summed E-state index contributed by atoms with van der Waals surface area (Å²) >= 11 is 0. The predicted molar refractivity (Wildman–Crippen MR) is 62.4 cm³/mol. The van der Waals surface area contributed by atoms with Crippen LogP contribution < -0.4 is 5.32 Å². The molecule has 94 valence electrons. The monoisotopic (exact) mass is 230 g/mol. The quantitative estimate of drug-likeness (QED) is 0.729. The predicted octanol–water partition coefficient (Wildman–Crippen LogP) is 1.68. The third-order valence-electron chi connectivity index (χ3n) is 3.01. The lowest BCUT2D eigenvalue weighted by molar-refractivity contribution is -0.144. The number of carboxylic acids is 1. The van der Waals surface area contributed by atoms with Gasteiger partial charge in [0.2, 0.25) is 0 Å². The van der Waals surface area contributed by atoms with Crippen molar-refractivity contribution in [3.05, 3.63) is 0 Å². The van der Waals surface area contributed by atoms with E-state index in [9.17, 15) is 9.59 Å². The van der Waals surface area contributed by atoms with Crippen LogP contribution in [0.3, 0.4) is 0 Å². The number of hydrogen-bond donors (Lipinski definition) is 2. The molecule has 0 aliphatic heterocycles. The van der Waals surface area contributed by atoms with Crippen LogP contribution in [0.1, 0.15) is 40.5 Å². The summed E-state index contributed by atoms with van der Waals surface area (Å²) in [7, 11) is 0. The number of amides is 2. The number of aliphatic carboxylic acids is 1. The molecule has 0 saturated heterocycles. The lowest BCUT2D eigenvalue weighted by atomic mass is 9.93. The molecule has 0 spiro atoms. The van der Waals surface area contributed by atoms with E-state index in [1.54, 1.807) is 18.7 Å². The topological polar surface area (TPSA) is 69.6 Å². The second-order valence-corrected chi connectivity index (χ2v) is 3.70. The van der Waals surface area contributed by atoms with Gasteiger partial charge in [0.15, 0.2) is 0 Å². The summed E-state index contributed by atoms with van der Waals surface area (Å²) < 4.78 is 0. The van der Waals surface area contributed by atoms with Crippen molar-refractivity contribution in [1.29, 1.82) is 0 Å². The summed E-state index contributed by atoms with van der Waals surface area (Å²) in [5.41, 5.74) is -1.14. The molecule has 0 fully saturated rings. The highest BCUT2D eigenvalue weighted by Gasteiger charge is 2.37. The summed E-state index contributed by atoms with van der Waals surface area (Å²) in [6.45, 7) is 8.41. The lowest BCUT2D eigenvalue weighted by Gasteiger charge is -2.31. The molecular formula is C11H22N2O3. The number of carboxylic acid groups (broad SMARTS) is 1. The van der Waals surface area contributed by atoms with Crippen LogP contribution in [-0.2, 0) is 4.79 Å². The second kappa shape index (κ2) is 6.35. The van der Waals surface area contributed by atoms with Gasteiger partial charge in [-0.15, -0.1) is 0 Å². The van der Waals surface area contributed by atoms with Gasteiger partial charge in [-0.05, 0) is 26.7 Å². The molecule has 0 heterocycles. The van der Waals surface area contributed by atoms with Crippen LogP contribution in [0.25, 0.3) is 0 Å². The van der Waals surface area contributed by atoms with Crippen LogP contribution in [-0.4, -0.2) is 40.6 Å². The fourth-order valence-corrected chi connectivity index (χ4v) is 1.58. The minimum atomic E-state index is -1.14. The van der Waals surface area contributed by atoms with Gasteiger partial charge < -0.3 is 15.3 Å². The van der Waals surface area contributed by atoms with Crippen LogP contribution in [0.15, 0.2) is 0 Å². The summed E-state index contributed by atoms with van der Waals surface area (Å²) in [5.74, 6) is -0.974. The Balaban J connectivity index is 4.76. The zero-order valence-corrected chi connectivity index (χ0v) is 10.5. The molecule has 0 aliphatic carbocycles. The van der Waals surface area contributed by atoms with Crippen LogP contribution >= 0.6 is 0 Å². The standard InChI is InChI=1S/C11H22N2O3/c1-5-11(6-2,9(14)15)12-10(16)13(7-3)8-4/h5-8H2,1-4H3,(H,12,16)(H,14,15). The first kappa shape index (κ1) is 14.7. The maximum atomic E-state index is 11.8. The fraction of sp³-hybridized carbons (Fsp3) is 0.818. The van der Waals surface area contributed by atoms with Gasteiger partial charge in [0.25, 0.3) is 0 Å². The summed E-state index contributed by atoms with van der Waals surface area (Å²) in [6.07, 6.45) is 0.762. The Morgan fingerprint density at radius 1 is 1.12 bits per heavy atom.